The minimum atomic E-state index is 0.0949. The number of halogens is 1. The number of aromatic nitrogens is 2. The highest BCUT2D eigenvalue weighted by Crippen LogP contribution is 2.24. The maximum Gasteiger partial charge on any atom is 0.261 e. The number of aryl methyl sites for hydroxylation is 1. The first kappa shape index (κ1) is 10.0. The van der Waals surface area contributed by atoms with Crippen LogP contribution in [0.1, 0.15) is 25.2 Å². The van der Waals surface area contributed by atoms with Crippen LogP contribution in [0, 0.1) is 0 Å². The van der Waals surface area contributed by atoms with E-state index in [1.807, 2.05) is 22.8 Å². The molecule has 1 unspecified atom stereocenters. The van der Waals surface area contributed by atoms with Gasteiger partial charge in [0, 0.05) is 16.9 Å². The summed E-state index contributed by atoms with van der Waals surface area (Å²) < 4.78 is 2.79. The Labute approximate surface area is 101 Å². The summed E-state index contributed by atoms with van der Waals surface area (Å²) in [5.74, 6) is 0.920. The first-order valence-electron chi connectivity index (χ1n) is 5.37. The molecule has 1 atom stereocenters. The van der Waals surface area contributed by atoms with Crippen LogP contribution >= 0.6 is 15.9 Å². The van der Waals surface area contributed by atoms with Gasteiger partial charge < -0.3 is 0 Å². The molecule has 0 fully saturated rings. The average Bonchev–Trinajstić information content (AvgIpc) is 2.60. The van der Waals surface area contributed by atoms with E-state index in [0.29, 0.717) is 5.39 Å². The summed E-state index contributed by atoms with van der Waals surface area (Å²) in [5, 5.41) is 0.709. The van der Waals surface area contributed by atoms with E-state index in [2.05, 4.69) is 27.8 Å². The minimum absolute atomic E-state index is 0.0949. The molecule has 0 saturated carbocycles. The van der Waals surface area contributed by atoms with Gasteiger partial charge in [-0.1, -0.05) is 15.9 Å². The lowest BCUT2D eigenvalue weighted by Gasteiger charge is -2.09. The summed E-state index contributed by atoms with van der Waals surface area (Å²) in [5.41, 5.74) is 0.886. The van der Waals surface area contributed by atoms with Crippen LogP contribution in [0.25, 0.3) is 10.9 Å². The normalized spacial score (nSPS) is 19.0. The van der Waals surface area contributed by atoms with Crippen LogP contribution in [0.3, 0.4) is 0 Å². The smallest absolute Gasteiger partial charge is 0.261 e. The molecule has 0 N–H and O–H groups in total. The van der Waals surface area contributed by atoms with Gasteiger partial charge in [0.15, 0.2) is 0 Å². The molecule has 1 aromatic carbocycles. The highest BCUT2D eigenvalue weighted by Gasteiger charge is 2.21. The number of fused-ring (bicyclic) bond motifs is 2. The van der Waals surface area contributed by atoms with Crippen molar-refractivity contribution in [3.05, 3.63) is 38.9 Å². The van der Waals surface area contributed by atoms with Crippen molar-refractivity contribution in [2.75, 3.05) is 0 Å². The molecule has 3 nitrogen and oxygen atoms in total. The Morgan fingerprint density at radius 2 is 2.31 bits per heavy atom. The summed E-state index contributed by atoms with van der Waals surface area (Å²) in [6.07, 6.45) is 1.92. The van der Waals surface area contributed by atoms with Gasteiger partial charge in [-0.2, -0.15) is 0 Å². The molecule has 0 spiro atoms. The largest absolute Gasteiger partial charge is 0.293 e. The van der Waals surface area contributed by atoms with Crippen LogP contribution in [-0.4, -0.2) is 9.55 Å². The maximum absolute atomic E-state index is 12.2. The summed E-state index contributed by atoms with van der Waals surface area (Å²) in [6.45, 7) is 2.07. The fourth-order valence-electron chi connectivity index (χ4n) is 2.32. The zero-order chi connectivity index (χ0) is 11.3. The Morgan fingerprint density at radius 3 is 3.12 bits per heavy atom. The number of hydrogen-bond acceptors (Lipinski definition) is 2. The molecular weight excluding hydrogens is 268 g/mol. The van der Waals surface area contributed by atoms with E-state index in [1.54, 1.807) is 0 Å². The fourth-order valence-corrected chi connectivity index (χ4v) is 2.67. The molecule has 16 heavy (non-hydrogen) atoms. The predicted molar refractivity (Wildman–Crippen MR) is 66.7 cm³/mol. The standard InChI is InChI=1S/C12H11BrN2O/c1-7-2-5-11-14-10-6-8(13)3-4-9(10)12(16)15(7)11/h3-4,6-7H,2,5H2,1H3. The Balaban J connectivity index is 2.44. The van der Waals surface area contributed by atoms with Gasteiger partial charge >= 0.3 is 0 Å². The van der Waals surface area contributed by atoms with Crippen molar-refractivity contribution in [2.24, 2.45) is 0 Å². The number of rotatable bonds is 0. The van der Waals surface area contributed by atoms with E-state index in [9.17, 15) is 4.79 Å². The third-order valence-corrected chi connectivity index (χ3v) is 3.66. The van der Waals surface area contributed by atoms with Gasteiger partial charge in [-0.05, 0) is 31.5 Å². The van der Waals surface area contributed by atoms with Crippen LogP contribution in [0.5, 0.6) is 0 Å². The predicted octanol–water partition coefficient (Wildman–Crippen LogP) is 2.67. The minimum Gasteiger partial charge on any atom is -0.293 e. The SMILES string of the molecule is CC1CCc2nc3cc(Br)ccc3c(=O)n21. The van der Waals surface area contributed by atoms with E-state index in [4.69, 9.17) is 0 Å². The topological polar surface area (TPSA) is 34.9 Å². The van der Waals surface area contributed by atoms with Crippen molar-refractivity contribution in [3.8, 4) is 0 Å². The van der Waals surface area contributed by atoms with Crippen molar-refractivity contribution in [1.82, 2.24) is 9.55 Å². The zero-order valence-corrected chi connectivity index (χ0v) is 10.5. The molecule has 0 aliphatic carbocycles. The quantitative estimate of drug-likeness (QED) is 0.743. The lowest BCUT2D eigenvalue weighted by atomic mass is 10.2. The van der Waals surface area contributed by atoms with Gasteiger partial charge in [-0.15, -0.1) is 0 Å². The highest BCUT2D eigenvalue weighted by atomic mass is 79.9. The Morgan fingerprint density at radius 1 is 1.50 bits per heavy atom. The van der Waals surface area contributed by atoms with Crippen molar-refractivity contribution in [3.63, 3.8) is 0 Å². The second-order valence-corrected chi connectivity index (χ2v) is 5.17. The zero-order valence-electron chi connectivity index (χ0n) is 8.90. The maximum atomic E-state index is 12.2. The van der Waals surface area contributed by atoms with Crippen LogP contribution in [0.4, 0.5) is 0 Å². The molecule has 2 aromatic rings. The number of nitrogens with zero attached hydrogens (tertiary/aromatic N) is 2. The van der Waals surface area contributed by atoms with Crippen LogP contribution in [-0.2, 0) is 6.42 Å². The van der Waals surface area contributed by atoms with E-state index < -0.39 is 0 Å². The van der Waals surface area contributed by atoms with E-state index >= 15 is 0 Å². The third kappa shape index (κ3) is 1.33. The molecule has 1 aromatic heterocycles. The van der Waals surface area contributed by atoms with Crippen molar-refractivity contribution in [1.29, 1.82) is 0 Å². The number of benzene rings is 1. The lowest BCUT2D eigenvalue weighted by molar-refractivity contribution is 0.563. The Bertz CT molecular complexity index is 633. The van der Waals surface area contributed by atoms with E-state index in [-0.39, 0.29) is 11.6 Å². The van der Waals surface area contributed by atoms with E-state index in [1.165, 1.54) is 0 Å². The number of hydrogen-bond donors (Lipinski definition) is 0. The molecule has 0 amide bonds. The van der Waals surface area contributed by atoms with Crippen LogP contribution in [0.2, 0.25) is 0 Å². The Hall–Kier alpha value is -1.16. The van der Waals surface area contributed by atoms with Gasteiger partial charge in [-0.3, -0.25) is 9.36 Å². The molecule has 0 bridgehead atoms. The van der Waals surface area contributed by atoms with Gasteiger partial charge in [-0.25, -0.2) is 4.98 Å². The monoisotopic (exact) mass is 278 g/mol. The summed E-state index contributed by atoms with van der Waals surface area (Å²) in [4.78, 5) is 16.8. The molecule has 2 heterocycles. The van der Waals surface area contributed by atoms with Crippen molar-refractivity contribution >= 4 is 26.8 Å². The molecule has 0 saturated heterocycles. The molecular formula is C12H11BrN2O. The first-order chi connectivity index (χ1) is 7.66. The van der Waals surface area contributed by atoms with Crippen LogP contribution < -0.4 is 5.56 Å². The summed E-state index contributed by atoms with van der Waals surface area (Å²) in [6, 6.07) is 5.91. The first-order valence-corrected chi connectivity index (χ1v) is 6.17. The highest BCUT2D eigenvalue weighted by molar-refractivity contribution is 9.10. The van der Waals surface area contributed by atoms with Gasteiger partial charge in [0.2, 0.25) is 0 Å². The van der Waals surface area contributed by atoms with Gasteiger partial charge in [0.1, 0.15) is 5.82 Å². The van der Waals surface area contributed by atoms with Crippen molar-refractivity contribution in [2.45, 2.75) is 25.8 Å². The molecule has 0 radical (unpaired) electrons. The molecule has 82 valence electrons. The molecule has 3 rings (SSSR count). The van der Waals surface area contributed by atoms with Gasteiger partial charge in [0.25, 0.3) is 5.56 Å². The molecule has 4 heteroatoms. The fraction of sp³-hybridized carbons (Fsp3) is 0.333. The lowest BCUT2D eigenvalue weighted by Crippen LogP contribution is -2.23. The summed E-state index contributed by atoms with van der Waals surface area (Å²) >= 11 is 3.40. The van der Waals surface area contributed by atoms with E-state index in [0.717, 1.165) is 28.7 Å². The second-order valence-electron chi connectivity index (χ2n) is 4.25. The summed E-state index contributed by atoms with van der Waals surface area (Å²) in [7, 11) is 0. The average molecular weight is 279 g/mol. The second kappa shape index (κ2) is 3.42. The Kier molecular flexibility index (Phi) is 2.14. The van der Waals surface area contributed by atoms with Crippen molar-refractivity contribution < 1.29 is 0 Å². The molecule has 1 aliphatic rings. The van der Waals surface area contributed by atoms with Crippen LogP contribution in [0.15, 0.2) is 27.5 Å². The third-order valence-electron chi connectivity index (χ3n) is 3.16. The molecule has 1 aliphatic heterocycles. The van der Waals surface area contributed by atoms with Gasteiger partial charge in [0.05, 0.1) is 10.9 Å².